The molecule has 0 aromatic heterocycles. The summed E-state index contributed by atoms with van der Waals surface area (Å²) in [6, 6.07) is 13.1. The van der Waals surface area contributed by atoms with E-state index in [-0.39, 0.29) is 36.7 Å². The second-order valence-electron chi connectivity index (χ2n) is 11.9. The number of amides is 3. The van der Waals surface area contributed by atoms with E-state index in [4.69, 9.17) is 4.74 Å². The highest BCUT2D eigenvalue weighted by Crippen LogP contribution is 2.44. The number of alkyl carbamates (subject to hydrolysis) is 1. The highest BCUT2D eigenvalue weighted by atomic mass is 16.5. The van der Waals surface area contributed by atoms with Crippen LogP contribution in [0.15, 0.2) is 48.5 Å². The summed E-state index contributed by atoms with van der Waals surface area (Å²) >= 11 is 0. The Bertz CT molecular complexity index is 1200. The molecule has 0 saturated heterocycles. The Balaban J connectivity index is 1.66. The second kappa shape index (κ2) is 14.1. The number of carboxylic acid groups (broad SMARTS) is 1. The van der Waals surface area contributed by atoms with E-state index in [1.807, 2.05) is 64.1 Å². The van der Waals surface area contributed by atoms with Crippen molar-refractivity contribution in [3.05, 3.63) is 59.7 Å². The van der Waals surface area contributed by atoms with Crippen molar-refractivity contribution in [1.82, 2.24) is 16.0 Å². The van der Waals surface area contributed by atoms with Gasteiger partial charge >= 0.3 is 12.1 Å². The van der Waals surface area contributed by atoms with Gasteiger partial charge in [-0.1, -0.05) is 90.1 Å². The maximum atomic E-state index is 13.3. The van der Waals surface area contributed by atoms with Gasteiger partial charge in [0.2, 0.25) is 11.8 Å². The molecule has 9 nitrogen and oxygen atoms in total. The fraction of sp³-hybridized carbons (Fsp3) is 0.500. The highest BCUT2D eigenvalue weighted by Gasteiger charge is 2.33. The number of fused-ring (bicyclic) bond motifs is 3. The van der Waals surface area contributed by atoms with Gasteiger partial charge in [-0.3, -0.25) is 9.59 Å². The van der Waals surface area contributed by atoms with Crippen molar-refractivity contribution in [2.24, 2.45) is 17.8 Å². The van der Waals surface area contributed by atoms with Gasteiger partial charge in [0.25, 0.3) is 0 Å². The fourth-order valence-electron chi connectivity index (χ4n) is 5.23. The minimum absolute atomic E-state index is 0.0482. The molecule has 0 unspecified atom stereocenters. The molecule has 0 radical (unpaired) electrons. The first kappa shape index (κ1) is 31.6. The molecule has 0 spiro atoms. The van der Waals surface area contributed by atoms with Gasteiger partial charge in [-0.05, 0) is 52.8 Å². The fourth-order valence-corrected chi connectivity index (χ4v) is 5.23. The molecular weight excluding hydrogens is 522 g/mol. The van der Waals surface area contributed by atoms with Gasteiger partial charge in [0.15, 0.2) is 0 Å². The Morgan fingerprint density at radius 2 is 1.22 bits per heavy atom. The quantitative estimate of drug-likeness (QED) is 0.278. The zero-order valence-electron chi connectivity index (χ0n) is 24.8. The average molecular weight is 566 g/mol. The van der Waals surface area contributed by atoms with E-state index in [0.717, 1.165) is 22.3 Å². The van der Waals surface area contributed by atoms with Crippen LogP contribution < -0.4 is 16.0 Å². The highest BCUT2D eigenvalue weighted by molar-refractivity contribution is 5.93. The largest absolute Gasteiger partial charge is 0.480 e. The van der Waals surface area contributed by atoms with Crippen LogP contribution in [-0.4, -0.2) is 53.7 Å². The van der Waals surface area contributed by atoms with Crippen molar-refractivity contribution >= 4 is 23.9 Å². The number of hydrogen-bond donors (Lipinski definition) is 4. The lowest BCUT2D eigenvalue weighted by atomic mass is 9.98. The molecule has 1 aliphatic carbocycles. The molecule has 9 heteroatoms. The number of nitrogens with one attached hydrogen (secondary N) is 3. The third kappa shape index (κ3) is 8.31. The Morgan fingerprint density at radius 3 is 1.71 bits per heavy atom. The van der Waals surface area contributed by atoms with E-state index in [0.29, 0.717) is 6.42 Å². The summed E-state index contributed by atoms with van der Waals surface area (Å²) in [5.41, 5.74) is 4.40. The molecule has 3 amide bonds. The number of aliphatic carboxylic acids is 1. The monoisotopic (exact) mass is 565 g/mol. The molecule has 2 aromatic carbocycles. The molecule has 0 bridgehead atoms. The van der Waals surface area contributed by atoms with E-state index in [1.165, 1.54) is 0 Å². The van der Waals surface area contributed by atoms with Crippen LogP contribution in [0.4, 0.5) is 4.79 Å². The number of hydrogen-bond acceptors (Lipinski definition) is 5. The van der Waals surface area contributed by atoms with Gasteiger partial charge < -0.3 is 25.8 Å². The van der Waals surface area contributed by atoms with Gasteiger partial charge in [-0.15, -0.1) is 0 Å². The van der Waals surface area contributed by atoms with E-state index >= 15 is 0 Å². The molecule has 41 heavy (non-hydrogen) atoms. The summed E-state index contributed by atoms with van der Waals surface area (Å²) in [6.45, 7) is 11.2. The van der Waals surface area contributed by atoms with Crippen LogP contribution in [0, 0.1) is 17.8 Å². The van der Waals surface area contributed by atoms with Crippen LogP contribution in [0.1, 0.15) is 71.4 Å². The second-order valence-corrected chi connectivity index (χ2v) is 11.9. The van der Waals surface area contributed by atoms with Crippen molar-refractivity contribution in [2.75, 3.05) is 6.61 Å². The molecule has 3 rings (SSSR count). The van der Waals surface area contributed by atoms with Crippen molar-refractivity contribution in [3.8, 4) is 11.1 Å². The van der Waals surface area contributed by atoms with Crippen molar-refractivity contribution in [1.29, 1.82) is 0 Å². The van der Waals surface area contributed by atoms with E-state index in [1.54, 1.807) is 13.8 Å². The number of carbonyl (C=O) groups is 4. The van der Waals surface area contributed by atoms with Crippen LogP contribution in [0.5, 0.6) is 0 Å². The molecule has 4 N–H and O–H groups in total. The molecule has 3 atom stereocenters. The Morgan fingerprint density at radius 1 is 0.732 bits per heavy atom. The Hall–Kier alpha value is -3.88. The van der Waals surface area contributed by atoms with Crippen LogP contribution in [0.3, 0.4) is 0 Å². The molecule has 222 valence electrons. The molecule has 0 saturated carbocycles. The van der Waals surface area contributed by atoms with Gasteiger partial charge in [-0.25, -0.2) is 9.59 Å². The lowest BCUT2D eigenvalue weighted by Crippen LogP contribution is -2.57. The van der Waals surface area contributed by atoms with E-state index in [9.17, 15) is 24.3 Å². The van der Waals surface area contributed by atoms with Crippen LogP contribution >= 0.6 is 0 Å². The maximum absolute atomic E-state index is 13.3. The predicted molar refractivity (Wildman–Crippen MR) is 157 cm³/mol. The summed E-state index contributed by atoms with van der Waals surface area (Å²) in [7, 11) is 0. The lowest BCUT2D eigenvalue weighted by Gasteiger charge is -2.27. The number of rotatable bonds is 13. The molecule has 0 aliphatic heterocycles. The summed E-state index contributed by atoms with van der Waals surface area (Å²) in [6.07, 6.45) is -0.156. The van der Waals surface area contributed by atoms with Crippen LogP contribution in [0.25, 0.3) is 11.1 Å². The molecule has 1 aliphatic rings. The normalized spacial score (nSPS) is 14.7. The maximum Gasteiger partial charge on any atom is 0.407 e. The molecule has 0 heterocycles. The van der Waals surface area contributed by atoms with Crippen LogP contribution in [-0.2, 0) is 19.1 Å². The van der Waals surface area contributed by atoms with Gasteiger partial charge in [-0.2, -0.15) is 0 Å². The zero-order valence-corrected chi connectivity index (χ0v) is 24.8. The molecular formula is C32H43N3O6. The van der Waals surface area contributed by atoms with Crippen molar-refractivity contribution in [3.63, 3.8) is 0 Å². The van der Waals surface area contributed by atoms with Crippen molar-refractivity contribution < 1.29 is 29.0 Å². The van der Waals surface area contributed by atoms with Gasteiger partial charge in [0.05, 0.1) is 0 Å². The zero-order chi connectivity index (χ0) is 30.3. The van der Waals surface area contributed by atoms with Crippen molar-refractivity contribution in [2.45, 2.75) is 78.4 Å². The first-order valence-electron chi connectivity index (χ1n) is 14.3. The van der Waals surface area contributed by atoms with Gasteiger partial charge in [0.1, 0.15) is 24.7 Å². The summed E-state index contributed by atoms with van der Waals surface area (Å²) in [5.74, 6) is -2.54. The minimum atomic E-state index is -1.13. The topological polar surface area (TPSA) is 134 Å². The lowest BCUT2D eigenvalue weighted by molar-refractivity contribution is -0.142. The van der Waals surface area contributed by atoms with Gasteiger partial charge in [0, 0.05) is 5.92 Å². The molecule has 0 fully saturated rings. The number of ether oxygens (including phenoxy) is 1. The average Bonchev–Trinajstić information content (AvgIpc) is 3.22. The summed E-state index contributed by atoms with van der Waals surface area (Å²) in [5, 5.41) is 17.5. The predicted octanol–water partition coefficient (Wildman–Crippen LogP) is 4.70. The van der Waals surface area contributed by atoms with Crippen LogP contribution in [0.2, 0.25) is 0 Å². The summed E-state index contributed by atoms with van der Waals surface area (Å²) in [4.78, 5) is 51.0. The van der Waals surface area contributed by atoms with E-state index in [2.05, 4.69) is 28.1 Å². The minimum Gasteiger partial charge on any atom is -0.480 e. The van der Waals surface area contributed by atoms with E-state index < -0.39 is 42.0 Å². The first-order valence-corrected chi connectivity index (χ1v) is 14.3. The smallest absolute Gasteiger partial charge is 0.407 e. The third-order valence-corrected chi connectivity index (χ3v) is 7.23. The molecule has 2 aromatic rings. The number of carboxylic acids is 1. The summed E-state index contributed by atoms with van der Waals surface area (Å²) < 4.78 is 5.63. The first-order chi connectivity index (χ1) is 19.4. The standard InChI is InChI=1S/C32H43N3O6/c1-18(2)15-26(29(36)34-27(31(38)39)16-19(3)4)33-30(37)28(20(5)6)35-32(40)41-17-25-23-13-9-7-11-21(23)22-12-8-10-14-24(22)25/h7-14,18-20,25-28H,15-17H2,1-6H3,(H,33,37)(H,34,36)(H,35,40)(H,38,39)/t26-,27+,28+/m1/s1. The third-order valence-electron chi connectivity index (χ3n) is 7.23. The number of benzene rings is 2. The number of carbonyl (C=O) groups excluding carboxylic acids is 3. The Kier molecular flexibility index (Phi) is 10.9. The SMILES string of the molecule is CC(C)C[C@H](NC(=O)[C@@H](CC(C)C)NC(=O)[C@@H](NC(=O)OCC1c2ccccc2-c2ccccc21)C(C)C)C(=O)O. The Labute approximate surface area is 242 Å².